The Kier molecular flexibility index (Phi) is 16.6. The molecule has 326 valence electrons. The number of aliphatic hydroxyl groups is 1. The van der Waals surface area contributed by atoms with Gasteiger partial charge < -0.3 is 15.2 Å². The van der Waals surface area contributed by atoms with Gasteiger partial charge in [-0.1, -0.05) is 161 Å². The van der Waals surface area contributed by atoms with Crippen molar-refractivity contribution in [1.29, 1.82) is 0 Å². The fourth-order valence-electron chi connectivity index (χ4n) is 11.2. The Morgan fingerprint density at radius 1 is 0.754 bits per heavy atom. The monoisotopic (exact) mass is 842 g/mol. The van der Waals surface area contributed by atoms with Crippen molar-refractivity contribution in [3.05, 3.63) is 143 Å². The lowest BCUT2D eigenvalue weighted by Gasteiger charge is -2.35. The molecular formula is C55H71NO4S. The average molecular weight is 842 g/mol. The van der Waals surface area contributed by atoms with Crippen molar-refractivity contribution in [2.45, 2.75) is 140 Å². The molecule has 0 bridgehead atoms. The molecule has 61 heavy (non-hydrogen) atoms. The molecule has 1 amide bonds. The van der Waals surface area contributed by atoms with E-state index in [9.17, 15) is 14.7 Å². The zero-order valence-corrected chi connectivity index (χ0v) is 37.8. The highest BCUT2D eigenvalue weighted by atomic mass is 32.2. The van der Waals surface area contributed by atoms with Gasteiger partial charge in [0.15, 0.2) is 0 Å². The van der Waals surface area contributed by atoms with Crippen LogP contribution < -0.4 is 5.32 Å². The molecule has 2 saturated carbocycles. The number of nitrogens with one attached hydrogen (secondary N) is 1. The lowest BCUT2D eigenvalue weighted by atomic mass is 9.73. The van der Waals surface area contributed by atoms with Crippen LogP contribution in [0.5, 0.6) is 0 Å². The minimum absolute atomic E-state index is 0.0216. The van der Waals surface area contributed by atoms with Crippen LogP contribution in [0.15, 0.2) is 109 Å². The van der Waals surface area contributed by atoms with E-state index in [-0.39, 0.29) is 46.6 Å². The number of ether oxygens (including phenoxy) is 1. The van der Waals surface area contributed by atoms with Gasteiger partial charge in [0.25, 0.3) is 0 Å². The van der Waals surface area contributed by atoms with Crippen molar-refractivity contribution < 1.29 is 19.4 Å². The lowest BCUT2D eigenvalue weighted by molar-refractivity contribution is -0.162. The Morgan fingerprint density at radius 3 is 2.05 bits per heavy atom. The van der Waals surface area contributed by atoms with E-state index in [1.165, 1.54) is 33.4 Å². The average Bonchev–Trinajstić information content (AvgIpc) is 3.63. The second-order valence-corrected chi connectivity index (χ2v) is 19.8. The molecule has 0 radical (unpaired) electrons. The van der Waals surface area contributed by atoms with Crippen molar-refractivity contribution in [2.24, 2.45) is 29.6 Å². The number of fused-ring (bicyclic) bond motifs is 2. The molecule has 4 aromatic carbocycles. The van der Waals surface area contributed by atoms with Crippen LogP contribution in [0, 0.1) is 36.5 Å². The fourth-order valence-corrected chi connectivity index (χ4v) is 12.7. The van der Waals surface area contributed by atoms with Crippen LogP contribution in [0.1, 0.15) is 137 Å². The molecule has 6 heteroatoms. The molecule has 0 aromatic heterocycles. The molecule has 2 fully saturated rings. The summed E-state index contributed by atoms with van der Waals surface area (Å²) in [5, 5.41) is 14.2. The summed E-state index contributed by atoms with van der Waals surface area (Å²) in [5.74, 6) is 1.35. The normalized spacial score (nSPS) is 22.8. The number of carbonyl (C=O) groups excluding carboxylic acids is 2. The van der Waals surface area contributed by atoms with Gasteiger partial charge in [0.2, 0.25) is 5.91 Å². The summed E-state index contributed by atoms with van der Waals surface area (Å²) in [5.41, 5.74) is 8.16. The highest BCUT2D eigenvalue weighted by molar-refractivity contribution is 8.00. The first-order chi connectivity index (χ1) is 29.9. The number of aliphatic hydroxyl groups excluding tert-OH is 1. The van der Waals surface area contributed by atoms with E-state index in [1.807, 2.05) is 11.8 Å². The van der Waals surface area contributed by atoms with Crippen molar-refractivity contribution in [1.82, 2.24) is 5.32 Å². The topological polar surface area (TPSA) is 75.6 Å². The first-order valence-electron chi connectivity index (χ1n) is 23.9. The Balaban J connectivity index is 0.907. The van der Waals surface area contributed by atoms with Gasteiger partial charge in [-0.2, -0.15) is 0 Å². The zero-order chi connectivity index (χ0) is 42.4. The van der Waals surface area contributed by atoms with E-state index >= 15 is 0 Å². The third-order valence-corrected chi connectivity index (χ3v) is 16.1. The van der Waals surface area contributed by atoms with Crippen molar-refractivity contribution >= 4 is 23.6 Å². The second kappa shape index (κ2) is 22.5. The molecule has 0 spiro atoms. The minimum Gasteiger partial charge on any atom is -0.462 e. The predicted octanol–water partition coefficient (Wildman–Crippen LogP) is 12.2. The van der Waals surface area contributed by atoms with Crippen LogP contribution in [-0.2, 0) is 31.9 Å². The van der Waals surface area contributed by atoms with Gasteiger partial charge in [0.05, 0.1) is 22.7 Å². The van der Waals surface area contributed by atoms with E-state index in [0.717, 1.165) is 115 Å². The number of aryl methyl sites for hydroxylation is 1. The maximum Gasteiger partial charge on any atom is 0.310 e. The van der Waals surface area contributed by atoms with Gasteiger partial charge in [-0.3, -0.25) is 9.59 Å². The van der Waals surface area contributed by atoms with Crippen LogP contribution in [0.3, 0.4) is 0 Å². The van der Waals surface area contributed by atoms with E-state index < -0.39 is 0 Å². The summed E-state index contributed by atoms with van der Waals surface area (Å²) in [6, 6.07) is 39.4. The fraction of sp³-hybridized carbons (Fsp3) is 0.527. The molecule has 3 aliphatic carbocycles. The number of esters is 1. The molecular weight excluding hydrogens is 771 g/mol. The number of hydrogen-bond acceptors (Lipinski definition) is 5. The van der Waals surface area contributed by atoms with Crippen LogP contribution in [-0.4, -0.2) is 41.5 Å². The molecule has 5 nitrogen and oxygen atoms in total. The Bertz CT molecular complexity index is 1860. The summed E-state index contributed by atoms with van der Waals surface area (Å²) in [6.45, 7) is 5.06. The minimum atomic E-state index is -0.382. The maximum atomic E-state index is 14.2. The number of benzene rings is 4. The molecule has 0 saturated heterocycles. The predicted molar refractivity (Wildman–Crippen MR) is 252 cm³/mol. The number of carbonyl (C=O) groups is 2. The first-order valence-corrected chi connectivity index (χ1v) is 24.9. The lowest BCUT2D eigenvalue weighted by Crippen LogP contribution is -2.42. The summed E-state index contributed by atoms with van der Waals surface area (Å²) in [6.07, 6.45) is 15.9. The van der Waals surface area contributed by atoms with Crippen molar-refractivity contribution in [2.75, 3.05) is 12.3 Å². The van der Waals surface area contributed by atoms with E-state index in [0.29, 0.717) is 18.4 Å². The number of thioether (sulfide) groups is 1. The zero-order valence-electron chi connectivity index (χ0n) is 36.9. The van der Waals surface area contributed by atoms with E-state index in [1.54, 1.807) is 0 Å². The van der Waals surface area contributed by atoms with Crippen LogP contribution in [0.4, 0.5) is 0 Å². The summed E-state index contributed by atoms with van der Waals surface area (Å²) >= 11 is 2.02. The first kappa shape index (κ1) is 45.2. The molecule has 3 aliphatic rings. The maximum absolute atomic E-state index is 14.2. The molecule has 7 atom stereocenters. The van der Waals surface area contributed by atoms with Crippen molar-refractivity contribution in [3.8, 4) is 0 Å². The third kappa shape index (κ3) is 11.2. The van der Waals surface area contributed by atoms with Gasteiger partial charge in [0.1, 0.15) is 6.10 Å². The van der Waals surface area contributed by atoms with Gasteiger partial charge in [-0.05, 0) is 128 Å². The van der Waals surface area contributed by atoms with Gasteiger partial charge in [0, 0.05) is 6.54 Å². The Morgan fingerprint density at radius 2 is 1.39 bits per heavy atom. The van der Waals surface area contributed by atoms with Crippen LogP contribution in [0.25, 0.3) is 0 Å². The standard InChI is InChI=1S/C55H71NO4S/c1-3-4-10-30-46(57)33-34-47-51-37-41-23-21-22-40(2)50(41)38-42(51)39-52(47)60-54(59)49-32-18-17-31-48(49)53(58)56-35-19-5-6-20-36-61-55(43-24-11-7-12-25-43,44-26-13-8-14-27-44)45-28-15-9-16-29-45/h7-9,11-16,21-29,42,46-49,51-52,57H,3-6,10,17-20,30-39H2,1-2H3,(H,56,58)/t42-,46-,47+,48-,49+,51-,52+/m0/s1. The molecule has 0 unspecified atom stereocenters. The molecule has 0 heterocycles. The van der Waals surface area contributed by atoms with Gasteiger partial charge >= 0.3 is 5.97 Å². The quantitative estimate of drug-likeness (QED) is 0.0496. The highest BCUT2D eigenvalue weighted by Crippen LogP contribution is 2.50. The number of hydrogen-bond donors (Lipinski definition) is 2. The van der Waals surface area contributed by atoms with E-state index in [4.69, 9.17) is 4.74 Å². The summed E-state index contributed by atoms with van der Waals surface area (Å²) in [4.78, 5) is 27.9. The van der Waals surface area contributed by atoms with E-state index in [2.05, 4.69) is 128 Å². The highest BCUT2D eigenvalue weighted by Gasteiger charge is 2.48. The second-order valence-electron chi connectivity index (χ2n) is 18.5. The largest absolute Gasteiger partial charge is 0.462 e. The third-order valence-electron chi connectivity index (χ3n) is 14.5. The summed E-state index contributed by atoms with van der Waals surface area (Å²) < 4.78 is 6.28. The van der Waals surface area contributed by atoms with Gasteiger partial charge in [-0.15, -0.1) is 11.8 Å². The number of rotatable bonds is 21. The van der Waals surface area contributed by atoms with Crippen LogP contribution >= 0.6 is 11.8 Å². The van der Waals surface area contributed by atoms with Crippen LogP contribution in [0.2, 0.25) is 0 Å². The number of unbranched alkanes of at least 4 members (excludes halogenated alkanes) is 5. The Hall–Kier alpha value is -3.87. The molecule has 2 N–H and O–H groups in total. The molecule has 0 aliphatic heterocycles. The smallest absolute Gasteiger partial charge is 0.310 e. The molecule has 7 rings (SSSR count). The molecule has 4 aromatic rings. The van der Waals surface area contributed by atoms with Gasteiger partial charge in [-0.25, -0.2) is 0 Å². The number of amides is 1. The van der Waals surface area contributed by atoms with Crippen molar-refractivity contribution in [3.63, 3.8) is 0 Å². The summed E-state index contributed by atoms with van der Waals surface area (Å²) in [7, 11) is 0. The Labute approximate surface area is 371 Å². The SMILES string of the molecule is CCCCC[C@H](O)CC[C@@H]1[C@H]2Cc3cccc(C)c3C[C@H]2C[C@H]1OC(=O)[C@@H]1CCCC[C@@H]1C(=O)NCCCCCCSC(c1ccccc1)(c1ccccc1)c1ccccc1.